The van der Waals surface area contributed by atoms with Crippen LogP contribution in [-0.4, -0.2) is 29.6 Å². The van der Waals surface area contributed by atoms with Gasteiger partial charge in [-0.15, -0.1) is 0 Å². The predicted molar refractivity (Wildman–Crippen MR) is 73.9 cm³/mol. The van der Waals surface area contributed by atoms with E-state index in [0.29, 0.717) is 17.8 Å². The van der Waals surface area contributed by atoms with Gasteiger partial charge in [-0.2, -0.15) is 4.98 Å². The first-order valence-corrected chi connectivity index (χ1v) is 7.26. The number of rotatable bonds is 2. The van der Waals surface area contributed by atoms with Gasteiger partial charge < -0.3 is 10.2 Å². The summed E-state index contributed by atoms with van der Waals surface area (Å²) in [5, 5.41) is 2.89. The predicted octanol–water partition coefficient (Wildman–Crippen LogP) is 2.82. The van der Waals surface area contributed by atoms with Gasteiger partial charge in [-0.3, -0.25) is 0 Å². The first-order valence-electron chi connectivity index (χ1n) is 7.26. The average molecular weight is 264 g/mol. The lowest BCUT2D eigenvalue weighted by Crippen LogP contribution is -2.47. The fourth-order valence-electron chi connectivity index (χ4n) is 3.57. The molecule has 3 rings (SSSR count). The van der Waals surface area contributed by atoms with Gasteiger partial charge in [-0.1, -0.05) is 12.8 Å². The lowest BCUT2D eigenvalue weighted by atomic mass is 9.78. The highest BCUT2D eigenvalue weighted by atomic mass is 19.1. The van der Waals surface area contributed by atoms with Crippen molar-refractivity contribution in [2.75, 3.05) is 23.8 Å². The van der Waals surface area contributed by atoms with Crippen LogP contribution in [0, 0.1) is 11.7 Å². The molecule has 0 radical (unpaired) electrons. The number of nitrogens with zero attached hydrogens (tertiary/aromatic N) is 3. The number of hydrogen-bond acceptors (Lipinski definition) is 4. The molecule has 0 spiro atoms. The van der Waals surface area contributed by atoms with Crippen LogP contribution in [0.4, 0.5) is 16.2 Å². The quantitative estimate of drug-likeness (QED) is 0.891. The number of anilines is 2. The number of halogens is 1. The minimum absolute atomic E-state index is 0.301. The van der Waals surface area contributed by atoms with Gasteiger partial charge in [0, 0.05) is 19.6 Å². The van der Waals surface area contributed by atoms with Crippen LogP contribution >= 0.6 is 0 Å². The van der Waals surface area contributed by atoms with Crippen LogP contribution in [0.1, 0.15) is 38.5 Å². The second-order valence-corrected chi connectivity index (χ2v) is 5.56. The Morgan fingerprint density at radius 1 is 1.26 bits per heavy atom. The maximum atomic E-state index is 14.1. The Morgan fingerprint density at radius 3 is 2.89 bits per heavy atom. The zero-order valence-electron chi connectivity index (χ0n) is 11.4. The van der Waals surface area contributed by atoms with E-state index >= 15 is 0 Å². The summed E-state index contributed by atoms with van der Waals surface area (Å²) in [5.74, 6) is 1.39. The van der Waals surface area contributed by atoms with Crippen molar-refractivity contribution in [2.24, 2.45) is 5.92 Å². The van der Waals surface area contributed by atoms with Crippen LogP contribution in [0.5, 0.6) is 0 Å². The highest BCUT2D eigenvalue weighted by Crippen LogP contribution is 2.37. The normalized spacial score (nSPS) is 26.9. The van der Waals surface area contributed by atoms with Crippen LogP contribution in [-0.2, 0) is 0 Å². The number of aromatic nitrogens is 2. The lowest BCUT2D eigenvalue weighted by Gasteiger charge is -2.44. The van der Waals surface area contributed by atoms with Crippen LogP contribution in [0.3, 0.4) is 0 Å². The molecule has 2 fully saturated rings. The van der Waals surface area contributed by atoms with Gasteiger partial charge >= 0.3 is 0 Å². The number of piperidine rings is 1. The van der Waals surface area contributed by atoms with Crippen LogP contribution in [0.25, 0.3) is 0 Å². The van der Waals surface area contributed by atoms with E-state index in [1.165, 1.54) is 38.3 Å². The lowest BCUT2D eigenvalue weighted by molar-refractivity contribution is 0.241. The number of nitrogens with one attached hydrogen (secondary N) is 1. The van der Waals surface area contributed by atoms with E-state index in [1.807, 2.05) is 0 Å². The Balaban J connectivity index is 1.91. The zero-order valence-corrected chi connectivity index (χ0v) is 11.4. The summed E-state index contributed by atoms with van der Waals surface area (Å²) in [7, 11) is 1.76. The molecule has 1 N–H and O–H groups in total. The summed E-state index contributed by atoms with van der Waals surface area (Å²) in [6.45, 7) is 0.915. The third-order valence-corrected chi connectivity index (χ3v) is 4.46. The molecule has 0 aromatic carbocycles. The van der Waals surface area contributed by atoms with E-state index in [9.17, 15) is 4.39 Å². The fraction of sp³-hybridized carbons (Fsp3) is 0.714. The monoisotopic (exact) mass is 264 g/mol. The molecule has 0 amide bonds. The van der Waals surface area contributed by atoms with Crippen LogP contribution < -0.4 is 10.2 Å². The van der Waals surface area contributed by atoms with Gasteiger partial charge in [0.05, 0.1) is 6.20 Å². The van der Waals surface area contributed by atoms with E-state index in [-0.39, 0.29) is 5.82 Å². The van der Waals surface area contributed by atoms with Gasteiger partial charge in [0.1, 0.15) is 0 Å². The molecule has 1 aliphatic carbocycles. The topological polar surface area (TPSA) is 41.1 Å². The van der Waals surface area contributed by atoms with Crippen molar-refractivity contribution >= 4 is 11.8 Å². The van der Waals surface area contributed by atoms with Crippen molar-refractivity contribution < 1.29 is 4.39 Å². The highest BCUT2D eigenvalue weighted by Gasteiger charge is 2.35. The Kier molecular flexibility index (Phi) is 3.53. The molecular weight excluding hydrogens is 243 g/mol. The maximum absolute atomic E-state index is 14.1. The molecule has 0 bridgehead atoms. The first kappa shape index (κ1) is 12.6. The second kappa shape index (κ2) is 5.31. The highest BCUT2D eigenvalue weighted by molar-refractivity contribution is 5.45. The van der Waals surface area contributed by atoms with Gasteiger partial charge in [0.15, 0.2) is 11.6 Å². The van der Waals surface area contributed by atoms with E-state index in [4.69, 9.17) is 0 Å². The molecule has 1 aromatic heterocycles. The molecular formula is C14H21FN4. The summed E-state index contributed by atoms with van der Waals surface area (Å²) in [6.07, 6.45) is 8.73. The van der Waals surface area contributed by atoms with E-state index in [0.717, 1.165) is 18.9 Å². The Morgan fingerprint density at radius 2 is 2.05 bits per heavy atom. The van der Waals surface area contributed by atoms with Crippen molar-refractivity contribution in [3.05, 3.63) is 12.0 Å². The van der Waals surface area contributed by atoms with Gasteiger partial charge in [0.2, 0.25) is 5.95 Å². The average Bonchev–Trinajstić information content (AvgIpc) is 2.47. The van der Waals surface area contributed by atoms with E-state index < -0.39 is 0 Å². The Labute approximate surface area is 113 Å². The molecule has 2 atom stereocenters. The summed E-state index contributed by atoms with van der Waals surface area (Å²) in [5.41, 5.74) is 0. The maximum Gasteiger partial charge on any atom is 0.224 e. The van der Waals surface area contributed by atoms with Crippen molar-refractivity contribution in [1.82, 2.24) is 9.97 Å². The minimum Gasteiger partial charge on any atom is -0.357 e. The molecule has 19 heavy (non-hydrogen) atoms. The van der Waals surface area contributed by atoms with Crippen LogP contribution in [0.15, 0.2) is 6.20 Å². The van der Waals surface area contributed by atoms with Crippen molar-refractivity contribution in [3.8, 4) is 0 Å². The molecule has 104 valence electrons. The SMILES string of the molecule is CNc1ncc(F)c(N2CCC[C@H]3CCCC[C@H]32)n1. The zero-order chi connectivity index (χ0) is 13.2. The standard InChI is InChI=1S/C14H21FN4/c1-16-14-17-9-11(15)13(18-14)19-8-4-6-10-5-2-3-7-12(10)19/h9-10,12H,2-8H2,1H3,(H,16,17,18)/t10-,12-/m1/s1. The summed E-state index contributed by atoms with van der Waals surface area (Å²) < 4.78 is 14.1. The Bertz CT molecular complexity index is 449. The summed E-state index contributed by atoms with van der Waals surface area (Å²) in [4.78, 5) is 10.5. The fourth-order valence-corrected chi connectivity index (χ4v) is 3.57. The molecule has 1 aliphatic heterocycles. The first-order chi connectivity index (χ1) is 9.29. The molecule has 2 heterocycles. The molecule has 2 aliphatic rings. The van der Waals surface area contributed by atoms with E-state index in [1.54, 1.807) is 7.05 Å². The largest absolute Gasteiger partial charge is 0.357 e. The third kappa shape index (κ3) is 2.38. The second-order valence-electron chi connectivity index (χ2n) is 5.56. The molecule has 5 heteroatoms. The van der Waals surface area contributed by atoms with Gasteiger partial charge in [-0.25, -0.2) is 9.37 Å². The smallest absolute Gasteiger partial charge is 0.224 e. The van der Waals surface area contributed by atoms with Crippen LogP contribution in [0.2, 0.25) is 0 Å². The molecule has 1 saturated heterocycles. The van der Waals surface area contributed by atoms with Crippen molar-refractivity contribution in [3.63, 3.8) is 0 Å². The molecule has 1 saturated carbocycles. The minimum atomic E-state index is -0.301. The molecule has 1 aromatic rings. The third-order valence-electron chi connectivity index (χ3n) is 4.46. The number of hydrogen-bond donors (Lipinski definition) is 1. The molecule has 4 nitrogen and oxygen atoms in total. The van der Waals surface area contributed by atoms with Gasteiger partial charge in [-0.05, 0) is 31.6 Å². The van der Waals surface area contributed by atoms with Crippen molar-refractivity contribution in [2.45, 2.75) is 44.6 Å². The number of fused-ring (bicyclic) bond motifs is 1. The van der Waals surface area contributed by atoms with E-state index in [2.05, 4.69) is 20.2 Å². The molecule has 0 unspecified atom stereocenters. The van der Waals surface area contributed by atoms with Crippen molar-refractivity contribution in [1.29, 1.82) is 0 Å². The summed E-state index contributed by atoms with van der Waals surface area (Å²) >= 11 is 0. The summed E-state index contributed by atoms with van der Waals surface area (Å²) in [6, 6.07) is 0.469. The Hall–Kier alpha value is -1.39. The van der Waals surface area contributed by atoms with Gasteiger partial charge in [0.25, 0.3) is 0 Å².